The number of nitrogens with zero attached hydrogens (tertiary/aromatic N) is 4. The van der Waals surface area contributed by atoms with E-state index in [0.717, 1.165) is 24.1 Å². The first-order valence-electron chi connectivity index (χ1n) is 6.12. The van der Waals surface area contributed by atoms with Gasteiger partial charge < -0.3 is 5.73 Å². The molecule has 7 nitrogen and oxygen atoms in total. The molecule has 8 heteroatoms. The van der Waals surface area contributed by atoms with Crippen LogP contribution in [0, 0.1) is 10.1 Å². The predicted molar refractivity (Wildman–Crippen MR) is 77.3 cm³/mol. The summed E-state index contributed by atoms with van der Waals surface area (Å²) in [5.41, 5.74) is 7.31. The van der Waals surface area contributed by atoms with E-state index in [9.17, 15) is 10.1 Å². The Balaban J connectivity index is 2.09. The highest BCUT2D eigenvalue weighted by Crippen LogP contribution is 2.23. The Kier molecular flexibility index (Phi) is 4.80. The van der Waals surface area contributed by atoms with Crippen molar-refractivity contribution >= 4 is 21.6 Å². The van der Waals surface area contributed by atoms with E-state index in [1.807, 2.05) is 6.20 Å². The molecule has 0 spiro atoms. The van der Waals surface area contributed by atoms with E-state index in [-0.39, 0.29) is 5.69 Å². The van der Waals surface area contributed by atoms with Crippen LogP contribution in [0.15, 0.2) is 28.9 Å². The molecule has 0 radical (unpaired) electrons. The van der Waals surface area contributed by atoms with Crippen LogP contribution in [0.1, 0.15) is 17.7 Å². The van der Waals surface area contributed by atoms with Crippen molar-refractivity contribution in [1.82, 2.24) is 15.0 Å². The molecule has 20 heavy (non-hydrogen) atoms. The third kappa shape index (κ3) is 3.61. The van der Waals surface area contributed by atoms with Gasteiger partial charge in [0.15, 0.2) is 0 Å². The van der Waals surface area contributed by atoms with Crippen LogP contribution in [-0.4, -0.2) is 26.5 Å². The molecule has 2 aromatic rings. The van der Waals surface area contributed by atoms with Crippen molar-refractivity contribution in [2.24, 2.45) is 5.73 Å². The van der Waals surface area contributed by atoms with Crippen molar-refractivity contribution in [2.75, 3.05) is 6.54 Å². The van der Waals surface area contributed by atoms with Gasteiger partial charge in [0.05, 0.1) is 17.2 Å². The molecular weight excluding hydrogens is 326 g/mol. The van der Waals surface area contributed by atoms with Crippen molar-refractivity contribution < 1.29 is 4.92 Å². The number of halogens is 1. The number of rotatable bonds is 6. The van der Waals surface area contributed by atoms with E-state index in [0.29, 0.717) is 17.6 Å². The molecule has 0 saturated carbocycles. The van der Waals surface area contributed by atoms with Gasteiger partial charge in [-0.15, -0.1) is 5.10 Å². The third-order valence-electron chi connectivity index (χ3n) is 2.80. The molecule has 0 aliphatic heterocycles. The molecule has 1 heterocycles. The lowest BCUT2D eigenvalue weighted by atomic mass is 10.2. The van der Waals surface area contributed by atoms with Crippen molar-refractivity contribution in [2.45, 2.75) is 19.4 Å². The van der Waals surface area contributed by atoms with Crippen molar-refractivity contribution in [3.63, 3.8) is 0 Å². The van der Waals surface area contributed by atoms with Gasteiger partial charge in [-0.1, -0.05) is 21.1 Å². The Morgan fingerprint density at radius 1 is 1.45 bits per heavy atom. The first kappa shape index (κ1) is 14.6. The number of aromatic nitrogens is 3. The second-order valence-electron chi connectivity index (χ2n) is 4.33. The van der Waals surface area contributed by atoms with Gasteiger partial charge in [0.1, 0.15) is 0 Å². The molecule has 0 fully saturated rings. The van der Waals surface area contributed by atoms with E-state index in [4.69, 9.17) is 5.73 Å². The molecule has 2 N–H and O–H groups in total. The van der Waals surface area contributed by atoms with Crippen LogP contribution in [0.4, 0.5) is 5.69 Å². The van der Waals surface area contributed by atoms with Gasteiger partial charge in [0.2, 0.25) is 0 Å². The average Bonchev–Trinajstić information content (AvgIpc) is 2.86. The van der Waals surface area contributed by atoms with E-state index < -0.39 is 4.92 Å². The standard InChI is InChI=1S/C12H14BrN5O2/c13-12-6-11(18(19)20)4-3-9(12)7-17-8-10(15-16-17)2-1-5-14/h3-4,6,8H,1-2,5,7,14H2. The molecule has 0 aliphatic carbocycles. The summed E-state index contributed by atoms with van der Waals surface area (Å²) in [6.07, 6.45) is 3.54. The Morgan fingerprint density at radius 2 is 2.25 bits per heavy atom. The van der Waals surface area contributed by atoms with Gasteiger partial charge in [-0.2, -0.15) is 0 Å². The molecule has 0 unspecified atom stereocenters. The molecule has 0 aliphatic rings. The first-order chi connectivity index (χ1) is 9.60. The number of non-ortho nitro benzene ring substituents is 1. The minimum absolute atomic E-state index is 0.0582. The topological polar surface area (TPSA) is 99.9 Å². The molecular formula is C12H14BrN5O2. The summed E-state index contributed by atoms with van der Waals surface area (Å²) in [6.45, 7) is 1.13. The largest absolute Gasteiger partial charge is 0.330 e. The Morgan fingerprint density at radius 3 is 2.90 bits per heavy atom. The first-order valence-corrected chi connectivity index (χ1v) is 6.91. The highest BCUT2D eigenvalue weighted by atomic mass is 79.9. The SMILES string of the molecule is NCCCc1cn(Cc2ccc([N+](=O)[O-])cc2Br)nn1. The van der Waals surface area contributed by atoms with Gasteiger partial charge in [0, 0.05) is 22.8 Å². The normalized spacial score (nSPS) is 10.7. The number of benzene rings is 1. The lowest BCUT2D eigenvalue weighted by molar-refractivity contribution is -0.384. The smallest absolute Gasteiger partial charge is 0.270 e. The minimum atomic E-state index is -0.422. The van der Waals surface area contributed by atoms with E-state index in [1.165, 1.54) is 12.1 Å². The second-order valence-corrected chi connectivity index (χ2v) is 5.19. The lowest BCUT2D eigenvalue weighted by Crippen LogP contribution is -2.02. The summed E-state index contributed by atoms with van der Waals surface area (Å²) in [7, 11) is 0. The molecule has 0 bridgehead atoms. The van der Waals surface area contributed by atoms with Crippen molar-refractivity contribution in [1.29, 1.82) is 0 Å². The number of nitro groups is 1. The molecule has 1 aromatic heterocycles. The van der Waals surface area contributed by atoms with Crippen LogP contribution < -0.4 is 5.73 Å². The molecule has 0 saturated heterocycles. The van der Waals surface area contributed by atoms with Crippen LogP contribution in [0.3, 0.4) is 0 Å². The second kappa shape index (κ2) is 6.58. The van der Waals surface area contributed by atoms with Gasteiger partial charge in [-0.05, 0) is 31.0 Å². The Hall–Kier alpha value is -1.80. The maximum Gasteiger partial charge on any atom is 0.270 e. The van der Waals surface area contributed by atoms with Crippen LogP contribution in [0.25, 0.3) is 0 Å². The molecule has 0 atom stereocenters. The Bertz CT molecular complexity index is 614. The maximum atomic E-state index is 10.7. The van der Waals surface area contributed by atoms with E-state index >= 15 is 0 Å². The summed E-state index contributed by atoms with van der Waals surface area (Å²) in [4.78, 5) is 10.3. The zero-order chi connectivity index (χ0) is 14.5. The van der Waals surface area contributed by atoms with Gasteiger partial charge in [-0.3, -0.25) is 10.1 Å². The van der Waals surface area contributed by atoms with Crippen LogP contribution >= 0.6 is 15.9 Å². The summed E-state index contributed by atoms with van der Waals surface area (Å²) in [5.74, 6) is 0. The number of aryl methyl sites for hydroxylation is 1. The fourth-order valence-corrected chi connectivity index (χ4v) is 2.26. The molecule has 1 aromatic carbocycles. The number of hydrogen-bond acceptors (Lipinski definition) is 5. The molecule has 2 rings (SSSR count). The molecule has 0 amide bonds. The fourth-order valence-electron chi connectivity index (χ4n) is 1.77. The van der Waals surface area contributed by atoms with Gasteiger partial charge in [-0.25, -0.2) is 4.68 Å². The third-order valence-corrected chi connectivity index (χ3v) is 3.54. The number of hydrogen-bond donors (Lipinski definition) is 1. The highest BCUT2D eigenvalue weighted by Gasteiger charge is 2.10. The van der Waals surface area contributed by atoms with Gasteiger partial charge in [0.25, 0.3) is 5.69 Å². The number of nitrogens with two attached hydrogens (primary N) is 1. The Labute approximate surface area is 124 Å². The number of nitro benzene ring substituents is 1. The predicted octanol–water partition coefficient (Wildman–Crippen LogP) is 1.89. The summed E-state index contributed by atoms with van der Waals surface area (Å²) in [5, 5.41) is 18.8. The summed E-state index contributed by atoms with van der Waals surface area (Å²) < 4.78 is 2.39. The van der Waals surface area contributed by atoms with E-state index in [1.54, 1.807) is 10.7 Å². The van der Waals surface area contributed by atoms with Crippen LogP contribution in [0.2, 0.25) is 0 Å². The van der Waals surface area contributed by atoms with Crippen molar-refractivity contribution in [3.8, 4) is 0 Å². The van der Waals surface area contributed by atoms with Gasteiger partial charge >= 0.3 is 0 Å². The maximum absolute atomic E-state index is 10.7. The average molecular weight is 340 g/mol. The summed E-state index contributed by atoms with van der Waals surface area (Å²) in [6, 6.07) is 4.68. The van der Waals surface area contributed by atoms with E-state index in [2.05, 4.69) is 26.2 Å². The van der Waals surface area contributed by atoms with Crippen LogP contribution in [-0.2, 0) is 13.0 Å². The minimum Gasteiger partial charge on any atom is -0.330 e. The molecule has 106 valence electrons. The van der Waals surface area contributed by atoms with Crippen LogP contribution in [0.5, 0.6) is 0 Å². The fraction of sp³-hybridized carbons (Fsp3) is 0.333. The monoisotopic (exact) mass is 339 g/mol. The quantitative estimate of drug-likeness (QED) is 0.639. The highest BCUT2D eigenvalue weighted by molar-refractivity contribution is 9.10. The summed E-state index contributed by atoms with van der Waals surface area (Å²) >= 11 is 3.34. The van der Waals surface area contributed by atoms with Crippen molar-refractivity contribution in [3.05, 3.63) is 50.2 Å². The zero-order valence-corrected chi connectivity index (χ0v) is 12.3. The lowest BCUT2D eigenvalue weighted by Gasteiger charge is -2.03. The zero-order valence-electron chi connectivity index (χ0n) is 10.7.